The third-order valence-electron chi connectivity index (χ3n) is 2.12. The summed E-state index contributed by atoms with van der Waals surface area (Å²) < 4.78 is 1.37. The first-order chi connectivity index (χ1) is 7.02. The predicted molar refractivity (Wildman–Crippen MR) is 50.1 cm³/mol. The van der Waals surface area contributed by atoms with Gasteiger partial charge >= 0.3 is 0 Å². The van der Waals surface area contributed by atoms with Crippen LogP contribution in [0, 0.1) is 0 Å². The molecule has 7 heteroatoms. The number of anilines is 1. The molecule has 0 amide bonds. The van der Waals surface area contributed by atoms with E-state index in [0.717, 1.165) is 6.20 Å². The van der Waals surface area contributed by atoms with Gasteiger partial charge in [0.1, 0.15) is 11.0 Å². The minimum absolute atomic E-state index is 0.00292. The molecule has 0 aromatic carbocycles. The van der Waals surface area contributed by atoms with Crippen LogP contribution >= 0.6 is 0 Å². The standard InChI is InChI=1S/C8H8N4O3/c1-12-7-4(6(9)11-12)5(13)3(2-10-7)8(14)15/h2H,1H3,(H2,9,11)(H,10,13)(H,14,15)/p-1. The molecule has 0 unspecified atom stereocenters. The highest BCUT2D eigenvalue weighted by Gasteiger charge is 2.13. The van der Waals surface area contributed by atoms with Crippen LogP contribution < -0.4 is 16.3 Å². The summed E-state index contributed by atoms with van der Waals surface area (Å²) in [5, 5.41) is 14.5. The Morgan fingerprint density at radius 1 is 1.67 bits per heavy atom. The number of nitrogens with zero attached hydrogens (tertiary/aromatic N) is 2. The van der Waals surface area contributed by atoms with Crippen molar-refractivity contribution >= 4 is 22.8 Å². The summed E-state index contributed by atoms with van der Waals surface area (Å²) in [6, 6.07) is 0. The molecule has 2 heterocycles. The number of nitrogens with two attached hydrogens (primary N) is 1. The Kier molecular flexibility index (Phi) is 1.75. The molecule has 78 valence electrons. The van der Waals surface area contributed by atoms with Crippen molar-refractivity contribution in [3.8, 4) is 0 Å². The minimum atomic E-state index is -1.54. The van der Waals surface area contributed by atoms with Crippen molar-refractivity contribution < 1.29 is 9.90 Å². The fourth-order valence-electron chi connectivity index (χ4n) is 1.43. The maximum atomic E-state index is 11.6. The molecule has 0 saturated heterocycles. The molecular formula is C8H7N4O3-. The lowest BCUT2D eigenvalue weighted by Crippen LogP contribution is -2.29. The first kappa shape index (κ1) is 9.25. The Morgan fingerprint density at radius 2 is 2.33 bits per heavy atom. The minimum Gasteiger partial charge on any atom is -0.545 e. The third kappa shape index (κ3) is 1.17. The van der Waals surface area contributed by atoms with Gasteiger partial charge in [0.05, 0.1) is 11.5 Å². The SMILES string of the molecule is Cn1nc(N)c2c(=O)c(C(=O)[O-])c[nH]c21. The summed E-state index contributed by atoms with van der Waals surface area (Å²) in [4.78, 5) is 24.8. The lowest BCUT2D eigenvalue weighted by molar-refractivity contribution is -0.255. The summed E-state index contributed by atoms with van der Waals surface area (Å²) in [6.07, 6.45) is 1.07. The molecule has 2 aromatic rings. The number of rotatable bonds is 1. The largest absolute Gasteiger partial charge is 0.545 e. The molecular weight excluding hydrogens is 200 g/mol. The number of nitrogen functional groups attached to an aromatic ring is 1. The number of hydrogen-bond acceptors (Lipinski definition) is 5. The van der Waals surface area contributed by atoms with Gasteiger partial charge in [0.2, 0.25) is 5.43 Å². The molecule has 15 heavy (non-hydrogen) atoms. The van der Waals surface area contributed by atoms with Crippen molar-refractivity contribution in [2.45, 2.75) is 0 Å². The number of aromatic carboxylic acids is 1. The quantitative estimate of drug-likeness (QED) is 0.572. The van der Waals surface area contributed by atoms with Gasteiger partial charge in [0, 0.05) is 13.2 Å². The van der Waals surface area contributed by atoms with Crippen molar-refractivity contribution in [3.05, 3.63) is 22.0 Å². The Morgan fingerprint density at radius 3 is 2.93 bits per heavy atom. The number of H-pyrrole nitrogens is 1. The predicted octanol–water partition coefficient (Wildman–Crippen LogP) is -1.79. The molecule has 0 aliphatic rings. The van der Waals surface area contributed by atoms with E-state index in [0.29, 0.717) is 5.65 Å². The first-order valence-corrected chi connectivity index (χ1v) is 4.07. The highest BCUT2D eigenvalue weighted by atomic mass is 16.4. The number of carbonyl (C=O) groups excluding carboxylic acids is 1. The van der Waals surface area contributed by atoms with Crippen LogP contribution in [0.25, 0.3) is 11.0 Å². The van der Waals surface area contributed by atoms with Gasteiger partial charge in [0.25, 0.3) is 0 Å². The number of carbonyl (C=O) groups is 1. The number of aromatic amines is 1. The molecule has 2 aromatic heterocycles. The Balaban J connectivity index is 2.96. The van der Waals surface area contributed by atoms with Gasteiger partial charge in [-0.1, -0.05) is 0 Å². The van der Waals surface area contributed by atoms with E-state index in [9.17, 15) is 14.7 Å². The fourth-order valence-corrected chi connectivity index (χ4v) is 1.43. The molecule has 0 saturated carbocycles. The van der Waals surface area contributed by atoms with Crippen LogP contribution in [-0.4, -0.2) is 20.7 Å². The van der Waals surface area contributed by atoms with E-state index < -0.39 is 17.0 Å². The molecule has 0 aliphatic heterocycles. The highest BCUT2D eigenvalue weighted by Crippen LogP contribution is 2.13. The zero-order valence-corrected chi connectivity index (χ0v) is 7.77. The van der Waals surface area contributed by atoms with Crippen molar-refractivity contribution in [1.82, 2.24) is 14.8 Å². The van der Waals surface area contributed by atoms with Crippen LogP contribution in [0.3, 0.4) is 0 Å². The normalized spacial score (nSPS) is 10.7. The number of hydrogen-bond donors (Lipinski definition) is 2. The van der Waals surface area contributed by atoms with Gasteiger partial charge in [-0.3, -0.25) is 4.79 Å². The second-order valence-electron chi connectivity index (χ2n) is 3.05. The highest BCUT2D eigenvalue weighted by molar-refractivity contribution is 5.94. The van der Waals surface area contributed by atoms with E-state index >= 15 is 0 Å². The van der Waals surface area contributed by atoms with Crippen LogP contribution in [0.15, 0.2) is 11.0 Å². The lowest BCUT2D eigenvalue weighted by Gasteiger charge is -2.01. The molecule has 0 atom stereocenters. The average Bonchev–Trinajstić information content (AvgIpc) is 2.43. The van der Waals surface area contributed by atoms with E-state index in [1.165, 1.54) is 4.68 Å². The number of aromatic nitrogens is 3. The van der Waals surface area contributed by atoms with E-state index in [1.54, 1.807) is 7.05 Å². The van der Waals surface area contributed by atoms with Gasteiger partial charge in [-0.2, -0.15) is 5.10 Å². The number of fused-ring (bicyclic) bond motifs is 1. The summed E-state index contributed by atoms with van der Waals surface area (Å²) in [5.41, 5.74) is 4.72. The van der Waals surface area contributed by atoms with Crippen LogP contribution in [0.5, 0.6) is 0 Å². The first-order valence-electron chi connectivity index (χ1n) is 4.07. The van der Waals surface area contributed by atoms with Gasteiger partial charge in [-0.25, -0.2) is 4.68 Å². The van der Waals surface area contributed by atoms with Crippen molar-refractivity contribution in [2.75, 3.05) is 5.73 Å². The van der Waals surface area contributed by atoms with Gasteiger partial charge in [-0.05, 0) is 0 Å². The van der Waals surface area contributed by atoms with E-state index in [2.05, 4.69) is 10.1 Å². The molecule has 0 spiro atoms. The molecule has 3 N–H and O–H groups in total. The van der Waals surface area contributed by atoms with Gasteiger partial charge in [0.15, 0.2) is 5.82 Å². The Labute approximate surface area is 83.1 Å². The Bertz CT molecular complexity index is 610. The summed E-state index contributed by atoms with van der Waals surface area (Å²) >= 11 is 0. The maximum Gasteiger partial charge on any atom is 0.203 e. The molecule has 2 rings (SSSR count). The lowest BCUT2D eigenvalue weighted by atomic mass is 10.2. The van der Waals surface area contributed by atoms with Crippen LogP contribution in [0.2, 0.25) is 0 Å². The average molecular weight is 207 g/mol. The maximum absolute atomic E-state index is 11.6. The summed E-state index contributed by atoms with van der Waals surface area (Å²) in [7, 11) is 1.59. The van der Waals surface area contributed by atoms with Crippen LogP contribution in [0.1, 0.15) is 10.4 Å². The zero-order chi connectivity index (χ0) is 11.2. The molecule has 0 bridgehead atoms. The molecule has 7 nitrogen and oxygen atoms in total. The van der Waals surface area contributed by atoms with E-state index in [-0.39, 0.29) is 11.2 Å². The van der Waals surface area contributed by atoms with Crippen molar-refractivity contribution in [2.24, 2.45) is 7.05 Å². The fraction of sp³-hybridized carbons (Fsp3) is 0.125. The second kappa shape index (κ2) is 2.84. The molecule has 0 radical (unpaired) electrons. The molecule has 0 aliphatic carbocycles. The Hall–Kier alpha value is -2.31. The second-order valence-corrected chi connectivity index (χ2v) is 3.05. The summed E-state index contributed by atoms with van der Waals surface area (Å²) in [6.45, 7) is 0. The number of aryl methyl sites for hydroxylation is 1. The van der Waals surface area contributed by atoms with Gasteiger partial charge in [-0.15, -0.1) is 0 Å². The monoisotopic (exact) mass is 207 g/mol. The van der Waals surface area contributed by atoms with E-state index in [4.69, 9.17) is 5.73 Å². The number of carboxylic acids is 1. The number of nitrogens with one attached hydrogen (secondary N) is 1. The zero-order valence-electron chi connectivity index (χ0n) is 7.77. The third-order valence-corrected chi connectivity index (χ3v) is 2.12. The smallest absolute Gasteiger partial charge is 0.203 e. The topological polar surface area (TPSA) is 117 Å². The van der Waals surface area contributed by atoms with Crippen LogP contribution in [0.4, 0.5) is 5.82 Å². The van der Waals surface area contributed by atoms with E-state index in [1.807, 2.05) is 0 Å². The molecule has 0 fully saturated rings. The van der Waals surface area contributed by atoms with Gasteiger partial charge < -0.3 is 20.6 Å². The number of pyridine rings is 1. The number of carboxylic acid groups (broad SMARTS) is 1. The van der Waals surface area contributed by atoms with Crippen molar-refractivity contribution in [1.29, 1.82) is 0 Å². The van der Waals surface area contributed by atoms with Crippen LogP contribution in [-0.2, 0) is 7.05 Å². The summed E-state index contributed by atoms with van der Waals surface area (Å²) in [5.74, 6) is -1.54. The van der Waals surface area contributed by atoms with Crippen molar-refractivity contribution in [3.63, 3.8) is 0 Å².